The normalized spacial score (nSPS) is 60.1. The molecule has 0 aromatic rings. The minimum absolute atomic E-state index is 0.0105. The molecule has 0 amide bonds. The van der Waals surface area contributed by atoms with Gasteiger partial charge in [-0.3, -0.25) is 4.79 Å². The number of carbonyl (C=O) groups is 1. The highest BCUT2D eigenvalue weighted by Gasteiger charge is 2.65. The lowest BCUT2D eigenvalue weighted by Crippen LogP contribution is -2.55. The molecule has 0 aromatic heterocycles. The fraction of sp³-hybridized carbons (Fsp3) is 0.925. The summed E-state index contributed by atoms with van der Waals surface area (Å²) in [6.07, 6.45) is 20.5. The molecular formula is C40H62O3S. The summed E-state index contributed by atoms with van der Waals surface area (Å²) in [5.74, 6) is 6.82. The van der Waals surface area contributed by atoms with Gasteiger partial charge in [0, 0.05) is 16.9 Å². The summed E-state index contributed by atoms with van der Waals surface area (Å²) in [6, 6.07) is 0. The van der Waals surface area contributed by atoms with Gasteiger partial charge < -0.3 is 10.2 Å². The molecule has 2 N–H and O–H groups in total. The fourth-order valence-electron chi connectivity index (χ4n) is 14.6. The molecule has 44 heavy (non-hydrogen) atoms. The van der Waals surface area contributed by atoms with Gasteiger partial charge in [0.15, 0.2) is 5.78 Å². The summed E-state index contributed by atoms with van der Waals surface area (Å²) in [5.41, 5.74) is 2.17. The van der Waals surface area contributed by atoms with Crippen molar-refractivity contribution in [1.29, 1.82) is 0 Å². The molecule has 1 aliphatic heterocycles. The van der Waals surface area contributed by atoms with Crippen LogP contribution in [-0.4, -0.2) is 38.2 Å². The van der Waals surface area contributed by atoms with Crippen molar-refractivity contribution in [2.45, 2.75) is 160 Å². The van der Waals surface area contributed by atoms with E-state index in [0.717, 1.165) is 78.6 Å². The van der Waals surface area contributed by atoms with E-state index in [1.807, 2.05) is 6.08 Å². The topological polar surface area (TPSA) is 57.5 Å². The number of hydrogen-bond acceptors (Lipinski definition) is 4. The Hall–Kier alpha value is -0.320. The average molecular weight is 623 g/mol. The molecule has 0 radical (unpaired) electrons. The number of aliphatic hydroxyl groups excluding tert-OH is 1. The van der Waals surface area contributed by atoms with Gasteiger partial charge in [-0.15, -0.1) is 0 Å². The van der Waals surface area contributed by atoms with Crippen molar-refractivity contribution in [3.63, 3.8) is 0 Å². The lowest BCUT2D eigenvalue weighted by atomic mass is 9.44. The molecule has 0 spiro atoms. The molecule has 246 valence electrons. The predicted octanol–water partition coefficient (Wildman–Crippen LogP) is 9.00. The Bertz CT molecular complexity index is 1220. The Kier molecular flexibility index (Phi) is 7.11. The second kappa shape index (κ2) is 10.1. The monoisotopic (exact) mass is 622 g/mol. The molecule has 0 bridgehead atoms. The highest BCUT2D eigenvalue weighted by molar-refractivity contribution is 8.07. The van der Waals surface area contributed by atoms with E-state index in [-0.39, 0.29) is 22.3 Å². The predicted molar refractivity (Wildman–Crippen MR) is 180 cm³/mol. The smallest absolute Gasteiger partial charge is 0.155 e. The van der Waals surface area contributed by atoms with E-state index < -0.39 is 5.60 Å². The Morgan fingerprint density at radius 3 is 2.32 bits per heavy atom. The number of rotatable bonds is 0. The van der Waals surface area contributed by atoms with Crippen LogP contribution in [-0.2, 0) is 4.79 Å². The van der Waals surface area contributed by atoms with Crippen molar-refractivity contribution in [3.8, 4) is 0 Å². The molecule has 0 unspecified atom stereocenters. The Balaban J connectivity index is 0.000000132. The molecule has 7 saturated carbocycles. The quantitative estimate of drug-likeness (QED) is 0.265. The highest BCUT2D eigenvalue weighted by atomic mass is 32.2. The first-order chi connectivity index (χ1) is 20.7. The van der Waals surface area contributed by atoms with E-state index in [1.165, 1.54) is 63.4 Å². The molecule has 3 nitrogen and oxygen atoms in total. The van der Waals surface area contributed by atoms with Crippen molar-refractivity contribution >= 4 is 17.5 Å². The molecular weight excluding hydrogens is 561 g/mol. The van der Waals surface area contributed by atoms with Crippen molar-refractivity contribution in [1.82, 2.24) is 0 Å². The summed E-state index contributed by atoms with van der Waals surface area (Å²) in [7, 11) is 0. The first-order valence-electron chi connectivity index (χ1n) is 19.0. The van der Waals surface area contributed by atoms with Crippen molar-refractivity contribution in [3.05, 3.63) is 11.6 Å². The lowest BCUT2D eigenvalue weighted by Gasteiger charge is -2.60. The van der Waals surface area contributed by atoms with Crippen molar-refractivity contribution in [2.24, 2.45) is 69.0 Å². The zero-order chi connectivity index (χ0) is 31.0. The van der Waals surface area contributed by atoms with Gasteiger partial charge in [0.2, 0.25) is 0 Å². The highest BCUT2D eigenvalue weighted by Crippen LogP contribution is 2.71. The molecule has 1 saturated heterocycles. The maximum Gasteiger partial charge on any atom is 0.155 e. The summed E-state index contributed by atoms with van der Waals surface area (Å²) >= 11 is 2.28. The number of thioether (sulfide) groups is 1. The Labute approximate surface area is 272 Å². The molecule has 8 aliphatic carbocycles. The summed E-state index contributed by atoms with van der Waals surface area (Å²) in [5, 5.41) is 23.6. The van der Waals surface area contributed by atoms with Crippen molar-refractivity contribution in [2.75, 3.05) is 0 Å². The third kappa shape index (κ3) is 4.23. The first kappa shape index (κ1) is 31.0. The molecule has 9 rings (SSSR count). The Morgan fingerprint density at radius 2 is 1.52 bits per heavy atom. The van der Waals surface area contributed by atoms with Gasteiger partial charge in [0.1, 0.15) is 0 Å². The summed E-state index contributed by atoms with van der Waals surface area (Å²) in [6.45, 7) is 14.3. The number of hydrogen-bond donors (Lipinski definition) is 2. The molecule has 1 heterocycles. The number of allylic oxidation sites excluding steroid dienone is 1. The van der Waals surface area contributed by atoms with Crippen LogP contribution in [0.25, 0.3) is 0 Å². The molecule has 4 heteroatoms. The Morgan fingerprint density at radius 1 is 0.795 bits per heavy atom. The van der Waals surface area contributed by atoms with E-state index in [4.69, 9.17) is 0 Å². The van der Waals surface area contributed by atoms with Gasteiger partial charge in [-0.2, -0.15) is 11.8 Å². The second-order valence-electron chi connectivity index (χ2n) is 19.2. The number of ketones is 1. The average Bonchev–Trinajstić information content (AvgIpc) is 3.58. The maximum absolute atomic E-state index is 11.9. The SMILES string of the molecule is C[C@H]1CC2=CC(=O)CC[C@]2(C)[C@H]2CC[C@@]3(C)[C@@H](CC[C@]3(C)O)[C@H]12.C[C@]12C[C@H]3S[C@H]3C[C@@H]1CC[C@@H]1[C@@H]2CC[C@]2(C)[C@@H](O)CC[C@@H]12. The zero-order valence-electron chi connectivity index (χ0n) is 28.7. The van der Waals surface area contributed by atoms with Crippen LogP contribution in [0.5, 0.6) is 0 Å². The maximum atomic E-state index is 11.9. The van der Waals surface area contributed by atoms with Crippen molar-refractivity contribution < 1.29 is 15.0 Å². The van der Waals surface area contributed by atoms with Gasteiger partial charge in [-0.25, -0.2) is 0 Å². The molecule has 9 aliphatic rings. The van der Waals surface area contributed by atoms with Gasteiger partial charge in [-0.1, -0.05) is 40.2 Å². The lowest BCUT2D eigenvalue weighted by molar-refractivity contribution is -0.132. The summed E-state index contributed by atoms with van der Waals surface area (Å²) in [4.78, 5) is 11.9. The van der Waals surface area contributed by atoms with Crippen LogP contribution in [0.15, 0.2) is 11.6 Å². The largest absolute Gasteiger partial charge is 0.393 e. The van der Waals surface area contributed by atoms with Crippen LogP contribution in [0.2, 0.25) is 0 Å². The van der Waals surface area contributed by atoms with Crippen LogP contribution in [0.1, 0.15) is 138 Å². The minimum atomic E-state index is -0.498. The summed E-state index contributed by atoms with van der Waals surface area (Å²) < 4.78 is 0. The van der Waals surface area contributed by atoms with E-state index >= 15 is 0 Å². The van der Waals surface area contributed by atoms with E-state index in [0.29, 0.717) is 29.0 Å². The van der Waals surface area contributed by atoms with E-state index in [1.54, 1.807) is 0 Å². The number of carbonyl (C=O) groups excluding carboxylic acids is 1. The van der Waals surface area contributed by atoms with Gasteiger partial charge in [-0.05, 0) is 172 Å². The van der Waals surface area contributed by atoms with Gasteiger partial charge >= 0.3 is 0 Å². The van der Waals surface area contributed by atoms with Crippen LogP contribution >= 0.6 is 11.8 Å². The van der Waals surface area contributed by atoms with Crippen LogP contribution < -0.4 is 0 Å². The molecule has 16 atom stereocenters. The van der Waals surface area contributed by atoms with Crippen LogP contribution in [0.4, 0.5) is 0 Å². The molecule has 0 aromatic carbocycles. The zero-order valence-corrected chi connectivity index (χ0v) is 29.6. The number of fused-ring (bicyclic) bond motifs is 11. The fourth-order valence-corrected chi connectivity index (χ4v) is 16.0. The first-order valence-corrected chi connectivity index (χ1v) is 20.0. The van der Waals surface area contributed by atoms with Gasteiger partial charge in [0.05, 0.1) is 11.7 Å². The minimum Gasteiger partial charge on any atom is -0.393 e. The second-order valence-corrected chi connectivity index (χ2v) is 20.7. The van der Waals surface area contributed by atoms with Gasteiger partial charge in [0.25, 0.3) is 0 Å². The molecule has 8 fully saturated rings. The van der Waals surface area contributed by atoms with E-state index in [2.05, 4.69) is 53.3 Å². The van der Waals surface area contributed by atoms with E-state index in [9.17, 15) is 15.0 Å². The number of aliphatic hydroxyl groups is 2. The third-order valence-electron chi connectivity index (χ3n) is 17.7. The third-order valence-corrected chi connectivity index (χ3v) is 19.1. The standard InChI is InChI=1S/C21H32O2.C19H30OS/c1-13-11-14-12-15(22)5-8-19(14,2)16-6-9-20(3)17(18(13)16)7-10-21(20,4)23;1-18-8-7-14-12(13(18)5-6-17(18)20)4-3-11-9-15-16(21-15)10-19(11,14)2/h12-13,16-18,23H,5-11H2,1-4H3;11-17,20H,3-10H2,1-2H3/t13-,16-,17-,18+,19-,20-,21-;11-,12-,13-,14-,15-,16+,17-,18-,19-/m00/s1. The van der Waals surface area contributed by atoms with Crippen LogP contribution in [0.3, 0.4) is 0 Å². The van der Waals surface area contributed by atoms with Crippen LogP contribution in [0, 0.1) is 69.0 Å².